The summed E-state index contributed by atoms with van der Waals surface area (Å²) in [6, 6.07) is 1.36. The third-order valence-electron chi connectivity index (χ3n) is 2.46. The van der Waals surface area contributed by atoms with E-state index in [1.807, 2.05) is 20.8 Å². The number of nitrogen functional groups attached to an aromatic ring is 1. The third kappa shape index (κ3) is 2.49. The van der Waals surface area contributed by atoms with Gasteiger partial charge in [0.25, 0.3) is 0 Å². The van der Waals surface area contributed by atoms with Crippen LogP contribution in [0.1, 0.15) is 58.1 Å². The molecule has 0 amide bonds. The molecule has 90 valence electrons. The Morgan fingerprint density at radius 1 is 1.19 bits per heavy atom. The Balaban J connectivity index is 3.75. The standard InChI is InChI=1S/C14H23NO/c1-13(2,3)9-7-10(14(4,5)6)12(16)8-11(9)15/h7-8,16H,15H2,1-6H3/i1D3,7D. The van der Waals surface area contributed by atoms with Crippen LogP contribution in [-0.4, -0.2) is 5.11 Å². The van der Waals surface area contributed by atoms with Gasteiger partial charge in [0, 0.05) is 15.9 Å². The molecule has 16 heavy (non-hydrogen) atoms. The van der Waals surface area contributed by atoms with Gasteiger partial charge in [-0.05, 0) is 28.0 Å². The first-order valence-corrected chi connectivity index (χ1v) is 5.34. The van der Waals surface area contributed by atoms with Crippen molar-refractivity contribution in [3.63, 3.8) is 0 Å². The molecule has 1 aromatic carbocycles. The Labute approximate surface area is 104 Å². The molecule has 0 unspecified atom stereocenters. The van der Waals surface area contributed by atoms with Crippen LogP contribution in [0.3, 0.4) is 0 Å². The zero-order valence-corrected chi connectivity index (χ0v) is 10.6. The number of phenols is 1. The fraction of sp³-hybridized carbons (Fsp3) is 0.571. The lowest BCUT2D eigenvalue weighted by Gasteiger charge is -2.27. The van der Waals surface area contributed by atoms with Gasteiger partial charge < -0.3 is 10.8 Å². The number of anilines is 1. The maximum absolute atomic E-state index is 10.1. The second-order valence-corrected chi connectivity index (χ2v) is 5.73. The lowest BCUT2D eigenvalue weighted by molar-refractivity contribution is 0.445. The van der Waals surface area contributed by atoms with Crippen LogP contribution in [0.25, 0.3) is 0 Å². The summed E-state index contributed by atoms with van der Waals surface area (Å²) in [4.78, 5) is 0. The average Bonchev–Trinajstić information content (AvgIpc) is 2.10. The Kier molecular flexibility index (Phi) is 1.84. The van der Waals surface area contributed by atoms with Crippen molar-refractivity contribution in [3.8, 4) is 5.75 Å². The summed E-state index contributed by atoms with van der Waals surface area (Å²) in [5, 5.41) is 10.1. The first kappa shape index (κ1) is 7.99. The van der Waals surface area contributed by atoms with E-state index in [1.54, 1.807) is 13.8 Å². The van der Waals surface area contributed by atoms with Gasteiger partial charge in [-0.25, -0.2) is 0 Å². The van der Waals surface area contributed by atoms with E-state index >= 15 is 0 Å². The molecule has 0 radical (unpaired) electrons. The molecule has 1 rings (SSSR count). The van der Waals surface area contributed by atoms with Gasteiger partial charge in [0.15, 0.2) is 0 Å². The van der Waals surface area contributed by atoms with Gasteiger partial charge in [-0.1, -0.05) is 41.5 Å². The number of aromatic hydroxyl groups is 1. The molecule has 0 fully saturated rings. The van der Waals surface area contributed by atoms with Gasteiger partial charge in [0.1, 0.15) is 5.75 Å². The SMILES string of the molecule is [2H]c1c(C(C)(C)C)c(O)cc(N)c1C(C)(C)C([2H])([2H])[2H]. The van der Waals surface area contributed by atoms with Crippen LogP contribution in [0.15, 0.2) is 12.1 Å². The molecule has 3 N–H and O–H groups in total. The van der Waals surface area contributed by atoms with Crippen molar-refractivity contribution in [1.82, 2.24) is 0 Å². The van der Waals surface area contributed by atoms with Gasteiger partial charge in [0.05, 0.1) is 1.37 Å². The summed E-state index contributed by atoms with van der Waals surface area (Å²) in [6.07, 6.45) is 0. The fourth-order valence-corrected chi connectivity index (χ4v) is 1.64. The maximum Gasteiger partial charge on any atom is 0.121 e. The van der Waals surface area contributed by atoms with Crippen LogP contribution in [-0.2, 0) is 10.8 Å². The van der Waals surface area contributed by atoms with Gasteiger partial charge in [-0.3, -0.25) is 0 Å². The number of rotatable bonds is 0. The minimum atomic E-state index is -2.29. The van der Waals surface area contributed by atoms with Crippen molar-refractivity contribution in [2.75, 3.05) is 5.73 Å². The molecular weight excluding hydrogens is 198 g/mol. The molecule has 2 nitrogen and oxygen atoms in total. The van der Waals surface area contributed by atoms with Crippen LogP contribution in [0.2, 0.25) is 0 Å². The molecule has 0 saturated heterocycles. The minimum Gasteiger partial charge on any atom is -0.508 e. The molecule has 1 aromatic rings. The van der Waals surface area contributed by atoms with E-state index in [9.17, 15) is 5.11 Å². The molecule has 0 aliphatic rings. The Hall–Kier alpha value is -1.18. The van der Waals surface area contributed by atoms with E-state index in [-0.39, 0.29) is 23.0 Å². The minimum absolute atomic E-state index is 0.0103. The lowest BCUT2D eigenvalue weighted by atomic mass is 9.79. The highest BCUT2D eigenvalue weighted by Gasteiger charge is 2.24. The molecule has 0 heterocycles. The molecule has 2 heteroatoms. The highest BCUT2D eigenvalue weighted by Crippen LogP contribution is 2.38. The van der Waals surface area contributed by atoms with Crippen molar-refractivity contribution in [2.45, 2.75) is 52.3 Å². The Morgan fingerprint density at radius 3 is 2.19 bits per heavy atom. The monoisotopic (exact) mass is 225 g/mol. The summed E-state index contributed by atoms with van der Waals surface area (Å²) >= 11 is 0. The zero-order chi connectivity index (χ0) is 16.1. The van der Waals surface area contributed by atoms with Crippen molar-refractivity contribution in [1.29, 1.82) is 0 Å². The normalized spacial score (nSPS) is 17.3. The maximum atomic E-state index is 10.1. The first-order valence-electron chi connectivity index (χ1n) is 7.34. The highest BCUT2D eigenvalue weighted by molar-refractivity contribution is 5.58. The molecular formula is C14H23NO. The van der Waals surface area contributed by atoms with Crippen LogP contribution >= 0.6 is 0 Å². The van der Waals surface area contributed by atoms with Crippen molar-refractivity contribution < 1.29 is 10.6 Å². The van der Waals surface area contributed by atoms with E-state index in [0.29, 0.717) is 5.56 Å². The number of hydrogen-bond acceptors (Lipinski definition) is 2. The Bertz CT molecular complexity index is 527. The largest absolute Gasteiger partial charge is 0.508 e. The number of nitrogens with two attached hydrogens (primary N) is 1. The Morgan fingerprint density at radius 2 is 1.75 bits per heavy atom. The van der Waals surface area contributed by atoms with Crippen LogP contribution in [0.4, 0.5) is 5.69 Å². The number of hydrogen-bond donors (Lipinski definition) is 2. The van der Waals surface area contributed by atoms with E-state index < -0.39 is 17.7 Å². The van der Waals surface area contributed by atoms with Gasteiger partial charge in [-0.15, -0.1) is 0 Å². The molecule has 0 aliphatic carbocycles. The summed E-state index contributed by atoms with van der Waals surface area (Å²) in [6.45, 7) is 6.40. The van der Waals surface area contributed by atoms with Gasteiger partial charge >= 0.3 is 0 Å². The van der Waals surface area contributed by atoms with Crippen molar-refractivity contribution >= 4 is 5.69 Å². The zero-order valence-electron chi connectivity index (χ0n) is 14.6. The molecule has 0 saturated carbocycles. The molecule has 0 atom stereocenters. The fourth-order valence-electron chi connectivity index (χ4n) is 1.64. The first-order chi connectivity index (χ1) is 8.71. The van der Waals surface area contributed by atoms with Crippen molar-refractivity contribution in [3.05, 3.63) is 23.2 Å². The van der Waals surface area contributed by atoms with E-state index in [1.165, 1.54) is 6.07 Å². The van der Waals surface area contributed by atoms with Crippen LogP contribution < -0.4 is 5.73 Å². The molecule has 0 aliphatic heterocycles. The number of phenolic OH excluding ortho intramolecular Hbond substituents is 1. The third-order valence-corrected chi connectivity index (χ3v) is 2.46. The average molecular weight is 225 g/mol. The predicted octanol–water partition coefficient (Wildman–Crippen LogP) is 3.57. The summed E-state index contributed by atoms with van der Waals surface area (Å²) in [5.74, 6) is -0.0647. The smallest absolute Gasteiger partial charge is 0.121 e. The van der Waals surface area contributed by atoms with E-state index in [0.717, 1.165) is 0 Å². The van der Waals surface area contributed by atoms with Crippen molar-refractivity contribution in [2.24, 2.45) is 0 Å². The second kappa shape index (κ2) is 3.69. The van der Waals surface area contributed by atoms with E-state index in [2.05, 4.69) is 0 Å². The highest BCUT2D eigenvalue weighted by atomic mass is 16.3. The summed E-state index contributed by atoms with van der Waals surface area (Å²) in [7, 11) is 0. The topological polar surface area (TPSA) is 46.2 Å². The van der Waals surface area contributed by atoms with Gasteiger partial charge in [-0.2, -0.15) is 0 Å². The summed E-state index contributed by atoms with van der Waals surface area (Å²) in [5.41, 5.74) is 4.97. The van der Waals surface area contributed by atoms with E-state index in [4.69, 9.17) is 11.2 Å². The van der Waals surface area contributed by atoms with Crippen LogP contribution in [0, 0.1) is 0 Å². The van der Waals surface area contributed by atoms with Crippen LogP contribution in [0.5, 0.6) is 5.75 Å². The van der Waals surface area contributed by atoms with Gasteiger partial charge in [0.2, 0.25) is 0 Å². The molecule has 0 spiro atoms. The molecule has 0 aromatic heterocycles. The lowest BCUT2D eigenvalue weighted by Crippen LogP contribution is -2.18. The molecule has 0 bridgehead atoms. The quantitative estimate of drug-likeness (QED) is 0.663. The number of benzene rings is 1. The predicted molar refractivity (Wildman–Crippen MR) is 69.9 cm³/mol. The summed E-state index contributed by atoms with van der Waals surface area (Å²) < 4.78 is 31.4. The second-order valence-electron chi connectivity index (χ2n) is 5.73.